The van der Waals surface area contributed by atoms with Gasteiger partial charge >= 0.3 is 0 Å². The van der Waals surface area contributed by atoms with Crippen LogP contribution in [-0.2, 0) is 4.79 Å². The fourth-order valence-corrected chi connectivity index (χ4v) is 3.65. The molecule has 0 saturated carbocycles. The van der Waals surface area contributed by atoms with Crippen molar-refractivity contribution >= 4 is 17.7 Å². The fraction of sp³-hybridized carbons (Fsp3) is 0.929. The van der Waals surface area contributed by atoms with Gasteiger partial charge in [-0.1, -0.05) is 13.3 Å². The Bertz CT molecular complexity index is 274. The Morgan fingerprint density at radius 2 is 2.21 bits per heavy atom. The van der Waals surface area contributed by atoms with Gasteiger partial charge in [-0.05, 0) is 25.8 Å². The summed E-state index contributed by atoms with van der Waals surface area (Å²) in [6.07, 6.45) is 4.77. The van der Waals surface area contributed by atoms with E-state index in [9.17, 15) is 4.79 Å². The summed E-state index contributed by atoms with van der Waals surface area (Å²) in [7, 11) is 0. The molecule has 0 aliphatic carbocycles. The molecule has 0 bridgehead atoms. The van der Waals surface area contributed by atoms with Crippen LogP contribution in [0.2, 0.25) is 0 Å². The van der Waals surface area contributed by atoms with Gasteiger partial charge in [-0.2, -0.15) is 11.8 Å². The van der Waals surface area contributed by atoms with Gasteiger partial charge in [-0.3, -0.25) is 4.79 Å². The summed E-state index contributed by atoms with van der Waals surface area (Å²) in [4.78, 5) is 14.6. The maximum absolute atomic E-state index is 12.1. The average Bonchev–Trinajstić information content (AvgIpc) is 2.47. The molecule has 2 fully saturated rings. The number of thioether (sulfide) groups is 1. The topological polar surface area (TPSA) is 44.4 Å². The van der Waals surface area contributed by atoms with Crippen molar-refractivity contribution in [3.05, 3.63) is 0 Å². The maximum atomic E-state index is 12.1. The molecule has 0 spiro atoms. The number of hydrogen-bond donors (Lipinski definition) is 2. The lowest BCUT2D eigenvalue weighted by molar-refractivity contribution is -0.123. The fourth-order valence-electron chi connectivity index (χ4n) is 2.72. The molecule has 0 aromatic heterocycles. The first kappa shape index (κ1) is 15.1. The molecule has 2 N–H and O–H groups in total. The number of hydrogen-bond acceptors (Lipinski definition) is 4. The normalized spacial score (nSPS) is 26.3. The third-order valence-corrected chi connectivity index (χ3v) is 5.06. The zero-order chi connectivity index (χ0) is 13.5. The van der Waals surface area contributed by atoms with Crippen LogP contribution in [0.25, 0.3) is 0 Å². The quantitative estimate of drug-likeness (QED) is 0.793. The van der Waals surface area contributed by atoms with Gasteiger partial charge in [0.1, 0.15) is 0 Å². The zero-order valence-corrected chi connectivity index (χ0v) is 12.8. The van der Waals surface area contributed by atoms with E-state index in [1.807, 2.05) is 11.8 Å². The molecule has 1 atom stereocenters. The number of piperidine rings is 1. The highest BCUT2D eigenvalue weighted by Crippen LogP contribution is 2.13. The molecule has 0 aromatic rings. The van der Waals surface area contributed by atoms with Crippen molar-refractivity contribution in [3.8, 4) is 0 Å². The molecular weight excluding hydrogens is 258 g/mol. The predicted molar refractivity (Wildman–Crippen MR) is 81.6 cm³/mol. The van der Waals surface area contributed by atoms with Crippen molar-refractivity contribution in [2.45, 2.75) is 44.7 Å². The van der Waals surface area contributed by atoms with Crippen LogP contribution in [0.15, 0.2) is 0 Å². The number of rotatable bonds is 5. The first-order valence-electron chi connectivity index (χ1n) is 7.63. The van der Waals surface area contributed by atoms with Gasteiger partial charge in [0.2, 0.25) is 5.91 Å². The Labute approximate surface area is 121 Å². The van der Waals surface area contributed by atoms with E-state index >= 15 is 0 Å². The lowest BCUT2D eigenvalue weighted by Gasteiger charge is -2.33. The molecule has 0 aromatic carbocycles. The zero-order valence-electron chi connectivity index (χ0n) is 12.0. The minimum atomic E-state index is 0.0249. The van der Waals surface area contributed by atoms with E-state index in [1.165, 1.54) is 19.4 Å². The Kier molecular flexibility index (Phi) is 6.47. The largest absolute Gasteiger partial charge is 0.352 e. The summed E-state index contributed by atoms with van der Waals surface area (Å²) < 4.78 is 0. The van der Waals surface area contributed by atoms with Crippen LogP contribution in [0, 0.1) is 0 Å². The van der Waals surface area contributed by atoms with E-state index in [0.29, 0.717) is 6.04 Å². The third-order valence-electron chi connectivity index (χ3n) is 4.00. The standard InChI is InChI=1S/C14H27N3OS/c1-2-3-7-17-8-4-12(5-9-17)16-14(18)13-11-19-10-6-15-13/h12-13,15H,2-11H2,1H3,(H,16,18). The van der Waals surface area contributed by atoms with Crippen LogP contribution >= 0.6 is 11.8 Å². The number of amides is 1. The highest BCUT2D eigenvalue weighted by Gasteiger charge is 2.25. The number of nitrogens with zero attached hydrogens (tertiary/aromatic N) is 1. The smallest absolute Gasteiger partial charge is 0.238 e. The molecule has 110 valence electrons. The van der Waals surface area contributed by atoms with Gasteiger partial charge in [0.15, 0.2) is 0 Å². The summed E-state index contributed by atoms with van der Waals surface area (Å²) in [5, 5.41) is 6.53. The second-order valence-electron chi connectivity index (χ2n) is 5.56. The van der Waals surface area contributed by atoms with Crippen LogP contribution in [-0.4, -0.2) is 60.6 Å². The summed E-state index contributed by atoms with van der Waals surface area (Å²) in [5.41, 5.74) is 0. The van der Waals surface area contributed by atoms with Gasteiger partial charge in [-0.15, -0.1) is 0 Å². The highest BCUT2D eigenvalue weighted by molar-refractivity contribution is 7.99. The molecule has 2 aliphatic heterocycles. The van der Waals surface area contributed by atoms with E-state index in [2.05, 4.69) is 22.5 Å². The van der Waals surface area contributed by atoms with Gasteiger partial charge < -0.3 is 15.5 Å². The van der Waals surface area contributed by atoms with E-state index in [-0.39, 0.29) is 11.9 Å². The number of unbranched alkanes of at least 4 members (excludes halogenated alkanes) is 1. The molecule has 2 saturated heterocycles. The van der Waals surface area contributed by atoms with Crippen LogP contribution in [0.4, 0.5) is 0 Å². The highest BCUT2D eigenvalue weighted by atomic mass is 32.2. The van der Waals surface area contributed by atoms with Crippen molar-refractivity contribution in [3.63, 3.8) is 0 Å². The van der Waals surface area contributed by atoms with E-state index in [4.69, 9.17) is 0 Å². The first-order valence-corrected chi connectivity index (χ1v) is 8.79. The Morgan fingerprint density at radius 1 is 1.42 bits per heavy atom. The maximum Gasteiger partial charge on any atom is 0.238 e. The van der Waals surface area contributed by atoms with Crippen LogP contribution in [0.3, 0.4) is 0 Å². The third kappa shape index (κ3) is 4.97. The lowest BCUT2D eigenvalue weighted by atomic mass is 10.0. The Morgan fingerprint density at radius 3 is 2.84 bits per heavy atom. The molecule has 0 radical (unpaired) electrons. The number of likely N-dealkylation sites (tertiary alicyclic amines) is 1. The summed E-state index contributed by atoms with van der Waals surface area (Å²) in [6, 6.07) is 0.413. The van der Waals surface area contributed by atoms with Gasteiger partial charge in [0.25, 0.3) is 0 Å². The molecule has 2 rings (SSSR count). The van der Waals surface area contributed by atoms with Crippen molar-refractivity contribution in [2.75, 3.05) is 37.7 Å². The predicted octanol–water partition coefficient (Wildman–Crippen LogP) is 1.07. The molecule has 5 heteroatoms. The van der Waals surface area contributed by atoms with Crippen LogP contribution in [0.5, 0.6) is 0 Å². The number of carbonyl (C=O) groups is 1. The summed E-state index contributed by atoms with van der Waals surface area (Å²) in [5.74, 6) is 2.25. The molecule has 2 heterocycles. The van der Waals surface area contributed by atoms with Gasteiger partial charge in [-0.25, -0.2) is 0 Å². The molecule has 19 heavy (non-hydrogen) atoms. The number of carbonyl (C=O) groups excluding carboxylic acids is 1. The molecule has 4 nitrogen and oxygen atoms in total. The molecule has 1 unspecified atom stereocenters. The first-order chi connectivity index (χ1) is 9.29. The SMILES string of the molecule is CCCCN1CCC(NC(=O)C2CSCCN2)CC1. The summed E-state index contributed by atoms with van der Waals surface area (Å²) >= 11 is 1.87. The van der Waals surface area contributed by atoms with Crippen molar-refractivity contribution in [2.24, 2.45) is 0 Å². The van der Waals surface area contributed by atoms with Gasteiger partial charge in [0.05, 0.1) is 6.04 Å². The van der Waals surface area contributed by atoms with Crippen LogP contribution in [0.1, 0.15) is 32.6 Å². The Hall–Kier alpha value is -0.260. The minimum Gasteiger partial charge on any atom is -0.352 e. The van der Waals surface area contributed by atoms with E-state index < -0.39 is 0 Å². The van der Waals surface area contributed by atoms with E-state index in [0.717, 1.165) is 44.0 Å². The monoisotopic (exact) mass is 285 g/mol. The van der Waals surface area contributed by atoms with Gasteiger partial charge in [0, 0.05) is 37.2 Å². The van der Waals surface area contributed by atoms with Crippen molar-refractivity contribution < 1.29 is 4.79 Å². The molecule has 2 aliphatic rings. The summed E-state index contributed by atoms with van der Waals surface area (Å²) in [6.45, 7) is 6.69. The number of nitrogens with one attached hydrogen (secondary N) is 2. The average molecular weight is 285 g/mol. The van der Waals surface area contributed by atoms with Crippen LogP contribution < -0.4 is 10.6 Å². The second kappa shape index (κ2) is 8.12. The molecular formula is C14H27N3OS. The lowest BCUT2D eigenvalue weighted by Crippen LogP contribution is -2.53. The van der Waals surface area contributed by atoms with Crippen molar-refractivity contribution in [1.82, 2.24) is 15.5 Å². The minimum absolute atomic E-state index is 0.0249. The van der Waals surface area contributed by atoms with Crippen molar-refractivity contribution in [1.29, 1.82) is 0 Å². The second-order valence-corrected chi connectivity index (χ2v) is 6.71. The molecule has 1 amide bonds. The Balaban J connectivity index is 1.65. The van der Waals surface area contributed by atoms with E-state index in [1.54, 1.807) is 0 Å².